The molecular formula is C12H16F2N2O2S. The van der Waals surface area contributed by atoms with E-state index in [1.165, 1.54) is 30.3 Å². The average molecular weight is 290 g/mol. The van der Waals surface area contributed by atoms with Gasteiger partial charge in [0, 0.05) is 19.8 Å². The Bertz CT molecular complexity index is 450. The number of likely N-dealkylation sites (N-methyl/N-ethyl adjacent to an activating group) is 1. The van der Waals surface area contributed by atoms with Gasteiger partial charge in [-0.25, -0.2) is 4.98 Å². The highest BCUT2D eigenvalue weighted by Crippen LogP contribution is 2.27. The van der Waals surface area contributed by atoms with Crippen LogP contribution in [0.5, 0.6) is 0 Å². The fourth-order valence-electron chi connectivity index (χ4n) is 1.59. The minimum Gasteiger partial charge on any atom is -0.389 e. The summed E-state index contributed by atoms with van der Waals surface area (Å²) in [5, 5.41) is 9.65. The normalized spacial score (nSPS) is 11.7. The Morgan fingerprint density at radius 1 is 1.58 bits per heavy atom. The molecular weight excluding hydrogens is 274 g/mol. The first-order chi connectivity index (χ1) is 8.70. The average Bonchev–Trinajstić information content (AvgIpc) is 2.25. The molecule has 1 N–H and O–H groups in total. The predicted molar refractivity (Wildman–Crippen MR) is 69.4 cm³/mol. The number of thioether (sulfide) groups is 1. The Labute approximate surface area is 114 Å². The van der Waals surface area contributed by atoms with Crippen LogP contribution in [0.3, 0.4) is 0 Å². The second-order valence-corrected chi connectivity index (χ2v) is 5.69. The number of hydrogen-bond donors (Lipinski definition) is 1. The van der Waals surface area contributed by atoms with E-state index in [1.807, 2.05) is 0 Å². The number of halogens is 2. The molecule has 0 saturated carbocycles. The molecule has 0 aliphatic rings. The smallest absolute Gasteiger partial charge is 0.290 e. The summed E-state index contributed by atoms with van der Waals surface area (Å²) in [6, 6.07) is 2.96. The number of pyridine rings is 1. The van der Waals surface area contributed by atoms with Crippen molar-refractivity contribution in [3.63, 3.8) is 0 Å². The fourth-order valence-corrected chi connectivity index (χ4v) is 2.16. The quantitative estimate of drug-likeness (QED) is 0.845. The second-order valence-electron chi connectivity index (χ2n) is 4.71. The maximum Gasteiger partial charge on any atom is 0.290 e. The Morgan fingerprint density at radius 2 is 2.21 bits per heavy atom. The molecule has 0 unspecified atom stereocenters. The lowest BCUT2D eigenvalue weighted by atomic mass is 10.1. The van der Waals surface area contributed by atoms with Crippen LogP contribution in [0, 0.1) is 0 Å². The van der Waals surface area contributed by atoms with E-state index in [4.69, 9.17) is 0 Å². The molecule has 0 atom stereocenters. The van der Waals surface area contributed by atoms with Gasteiger partial charge in [0.15, 0.2) is 0 Å². The van der Waals surface area contributed by atoms with Gasteiger partial charge in [0.1, 0.15) is 5.03 Å². The molecule has 4 nitrogen and oxygen atoms in total. The van der Waals surface area contributed by atoms with Gasteiger partial charge in [-0.1, -0.05) is 0 Å². The topological polar surface area (TPSA) is 53.4 Å². The van der Waals surface area contributed by atoms with Gasteiger partial charge in [-0.15, -0.1) is 0 Å². The predicted octanol–water partition coefficient (Wildman–Crippen LogP) is 2.24. The van der Waals surface area contributed by atoms with Crippen molar-refractivity contribution in [3.8, 4) is 0 Å². The molecule has 19 heavy (non-hydrogen) atoms. The Hall–Kier alpha value is -1.21. The number of nitrogens with zero attached hydrogens (tertiary/aromatic N) is 2. The Balaban J connectivity index is 2.93. The van der Waals surface area contributed by atoms with Crippen molar-refractivity contribution < 1.29 is 18.7 Å². The standard InChI is InChI=1S/C12H16F2N2O2S/c1-12(2,18)7-16(3)10(17)8-5-4-6-15-9(8)19-11(13)14/h4-6,11,18H,7H2,1-3H3. The summed E-state index contributed by atoms with van der Waals surface area (Å²) in [7, 11) is 1.50. The van der Waals surface area contributed by atoms with Crippen molar-refractivity contribution in [1.82, 2.24) is 9.88 Å². The molecule has 0 radical (unpaired) electrons. The van der Waals surface area contributed by atoms with Gasteiger partial charge in [-0.3, -0.25) is 4.79 Å². The molecule has 0 bridgehead atoms. The fraction of sp³-hybridized carbons (Fsp3) is 0.500. The summed E-state index contributed by atoms with van der Waals surface area (Å²) in [5.74, 6) is -3.08. The van der Waals surface area contributed by atoms with Gasteiger partial charge in [-0.2, -0.15) is 8.78 Å². The van der Waals surface area contributed by atoms with Gasteiger partial charge in [0.25, 0.3) is 11.7 Å². The molecule has 0 saturated heterocycles. The van der Waals surface area contributed by atoms with Crippen LogP contribution in [0.25, 0.3) is 0 Å². The van der Waals surface area contributed by atoms with E-state index in [-0.39, 0.29) is 28.9 Å². The SMILES string of the molecule is CN(CC(C)(C)O)C(=O)c1cccnc1SC(F)F. The minimum atomic E-state index is -2.64. The van der Waals surface area contributed by atoms with E-state index < -0.39 is 17.3 Å². The zero-order valence-electron chi connectivity index (χ0n) is 10.9. The Kier molecular flexibility index (Phi) is 5.25. The minimum absolute atomic E-state index is 0.00917. The largest absolute Gasteiger partial charge is 0.389 e. The molecule has 0 aliphatic heterocycles. The van der Waals surface area contributed by atoms with Crippen molar-refractivity contribution in [2.75, 3.05) is 13.6 Å². The Morgan fingerprint density at radius 3 is 2.74 bits per heavy atom. The lowest BCUT2D eigenvalue weighted by Crippen LogP contribution is -2.39. The van der Waals surface area contributed by atoms with Gasteiger partial charge < -0.3 is 10.0 Å². The lowest BCUT2D eigenvalue weighted by Gasteiger charge is -2.26. The number of amides is 1. The highest BCUT2D eigenvalue weighted by Gasteiger charge is 2.23. The van der Waals surface area contributed by atoms with Crippen LogP contribution >= 0.6 is 11.8 Å². The number of aliphatic hydroxyl groups is 1. The summed E-state index contributed by atoms with van der Waals surface area (Å²) in [6.45, 7) is 3.23. The lowest BCUT2D eigenvalue weighted by molar-refractivity contribution is 0.0365. The summed E-state index contributed by atoms with van der Waals surface area (Å²) in [5.41, 5.74) is -0.942. The van der Waals surface area contributed by atoms with Crippen molar-refractivity contribution in [3.05, 3.63) is 23.9 Å². The maximum atomic E-state index is 12.4. The van der Waals surface area contributed by atoms with Crippen LogP contribution in [0.4, 0.5) is 8.78 Å². The summed E-state index contributed by atoms with van der Waals surface area (Å²) in [6.07, 6.45) is 1.36. The summed E-state index contributed by atoms with van der Waals surface area (Å²) in [4.78, 5) is 17.2. The van der Waals surface area contributed by atoms with Crippen molar-refractivity contribution in [2.24, 2.45) is 0 Å². The van der Waals surface area contributed by atoms with E-state index in [1.54, 1.807) is 13.8 Å². The molecule has 0 aromatic carbocycles. The number of carbonyl (C=O) groups is 1. The van der Waals surface area contributed by atoms with Crippen molar-refractivity contribution >= 4 is 17.7 Å². The summed E-state index contributed by atoms with van der Waals surface area (Å²) >= 11 is 0.234. The van der Waals surface area contributed by atoms with Crippen LogP contribution in [0.2, 0.25) is 0 Å². The molecule has 1 heterocycles. The molecule has 1 aromatic rings. The zero-order valence-corrected chi connectivity index (χ0v) is 11.7. The number of aromatic nitrogens is 1. The number of alkyl halides is 2. The van der Waals surface area contributed by atoms with Gasteiger partial charge >= 0.3 is 0 Å². The third-order valence-corrected chi connectivity index (χ3v) is 2.90. The van der Waals surface area contributed by atoms with Gasteiger partial charge in [0.2, 0.25) is 0 Å². The van der Waals surface area contributed by atoms with E-state index in [0.29, 0.717) is 0 Å². The van der Waals surface area contributed by atoms with Gasteiger partial charge in [-0.05, 0) is 37.7 Å². The van der Waals surface area contributed by atoms with Crippen LogP contribution in [0.1, 0.15) is 24.2 Å². The zero-order chi connectivity index (χ0) is 14.6. The summed E-state index contributed by atoms with van der Waals surface area (Å²) < 4.78 is 24.8. The van der Waals surface area contributed by atoms with Gasteiger partial charge in [0.05, 0.1) is 11.2 Å². The molecule has 7 heteroatoms. The number of carbonyl (C=O) groups excluding carboxylic acids is 1. The van der Waals surface area contributed by atoms with E-state index in [0.717, 1.165) is 0 Å². The highest BCUT2D eigenvalue weighted by atomic mass is 32.2. The van der Waals surface area contributed by atoms with Crippen molar-refractivity contribution in [1.29, 1.82) is 0 Å². The third-order valence-electron chi connectivity index (χ3n) is 2.17. The second kappa shape index (κ2) is 6.29. The first-order valence-electron chi connectivity index (χ1n) is 5.58. The number of rotatable bonds is 5. The van der Waals surface area contributed by atoms with Crippen LogP contribution in [-0.4, -0.2) is 45.8 Å². The molecule has 1 aromatic heterocycles. The van der Waals surface area contributed by atoms with Crippen LogP contribution in [0.15, 0.2) is 23.4 Å². The monoisotopic (exact) mass is 290 g/mol. The van der Waals surface area contributed by atoms with E-state index in [2.05, 4.69) is 4.98 Å². The van der Waals surface area contributed by atoms with Crippen LogP contribution < -0.4 is 0 Å². The molecule has 1 amide bonds. The molecule has 0 aliphatic carbocycles. The highest BCUT2D eigenvalue weighted by molar-refractivity contribution is 7.99. The molecule has 0 spiro atoms. The van der Waals surface area contributed by atoms with Crippen molar-refractivity contribution in [2.45, 2.75) is 30.2 Å². The first-order valence-corrected chi connectivity index (χ1v) is 6.46. The number of hydrogen-bond acceptors (Lipinski definition) is 4. The third kappa shape index (κ3) is 5.12. The first kappa shape index (κ1) is 15.8. The molecule has 0 fully saturated rings. The molecule has 106 valence electrons. The van der Waals surface area contributed by atoms with E-state index in [9.17, 15) is 18.7 Å². The van der Waals surface area contributed by atoms with Crippen LogP contribution in [-0.2, 0) is 0 Å². The van der Waals surface area contributed by atoms with E-state index >= 15 is 0 Å². The maximum absolute atomic E-state index is 12.4. The molecule has 1 rings (SSSR count).